The fourth-order valence-electron chi connectivity index (χ4n) is 4.70. The number of benzene rings is 3. The number of aromatic carboxylic acids is 1. The van der Waals surface area contributed by atoms with Crippen LogP contribution in [-0.2, 0) is 29.2 Å². The second-order valence-corrected chi connectivity index (χ2v) is 8.87. The number of carboxylic acids is 1. The average molecular weight is 466 g/mol. The van der Waals surface area contributed by atoms with Crippen LogP contribution >= 0.6 is 0 Å². The number of carboxylic acid groups (broad SMARTS) is 1. The van der Waals surface area contributed by atoms with Gasteiger partial charge in [0, 0.05) is 12.8 Å². The first-order valence-corrected chi connectivity index (χ1v) is 11.0. The molecule has 0 amide bonds. The molecule has 34 heavy (non-hydrogen) atoms. The molecular weight excluding hydrogens is 445 g/mol. The molecule has 1 aliphatic carbocycles. The van der Waals surface area contributed by atoms with E-state index in [2.05, 4.69) is 0 Å². The lowest BCUT2D eigenvalue weighted by Gasteiger charge is -2.18. The number of halogens is 3. The van der Waals surface area contributed by atoms with Gasteiger partial charge in [-0.3, -0.25) is 4.79 Å². The first-order chi connectivity index (χ1) is 16.2. The Balaban J connectivity index is 1.48. The van der Waals surface area contributed by atoms with Crippen molar-refractivity contribution in [2.75, 3.05) is 6.61 Å². The zero-order valence-corrected chi connectivity index (χ0v) is 18.1. The standard InChI is InChI=1S/C27H21F3O4/c28-27(29,30)22-6-4-16(12-21(22)17-2-1-3-19(14-17)25(32)33)13-24(31)26(9-10-26)20-5-7-23-18(15-20)8-11-34-23/h1-7,12,14-15H,8-11,13H2,(H,32,33). The molecule has 0 bridgehead atoms. The molecule has 0 spiro atoms. The van der Waals surface area contributed by atoms with Gasteiger partial charge in [-0.25, -0.2) is 4.79 Å². The fourth-order valence-corrected chi connectivity index (χ4v) is 4.70. The molecule has 0 atom stereocenters. The van der Waals surface area contributed by atoms with Crippen LogP contribution in [0.15, 0.2) is 60.7 Å². The number of rotatable bonds is 6. The highest BCUT2D eigenvalue weighted by Crippen LogP contribution is 2.51. The summed E-state index contributed by atoms with van der Waals surface area (Å²) in [6, 6.07) is 14.9. The van der Waals surface area contributed by atoms with E-state index in [9.17, 15) is 27.9 Å². The van der Waals surface area contributed by atoms with Crippen LogP contribution in [-0.4, -0.2) is 23.5 Å². The van der Waals surface area contributed by atoms with Gasteiger partial charge in [0.05, 0.1) is 23.1 Å². The molecular formula is C27H21F3O4. The molecule has 5 rings (SSSR count). The summed E-state index contributed by atoms with van der Waals surface area (Å²) in [5.41, 5.74) is 0.889. The lowest BCUT2D eigenvalue weighted by atomic mass is 9.86. The molecule has 0 saturated heterocycles. The Bertz CT molecular complexity index is 1310. The van der Waals surface area contributed by atoms with Crippen molar-refractivity contribution in [2.24, 2.45) is 0 Å². The van der Waals surface area contributed by atoms with Gasteiger partial charge in [-0.05, 0) is 64.9 Å². The number of carbonyl (C=O) groups excluding carboxylic acids is 1. The van der Waals surface area contributed by atoms with E-state index in [1.54, 1.807) is 0 Å². The van der Waals surface area contributed by atoms with E-state index in [4.69, 9.17) is 4.74 Å². The van der Waals surface area contributed by atoms with Crippen LogP contribution in [0.5, 0.6) is 5.75 Å². The van der Waals surface area contributed by atoms with Crippen LogP contribution in [0.1, 0.15) is 45.5 Å². The van der Waals surface area contributed by atoms with Gasteiger partial charge in [-0.1, -0.05) is 36.4 Å². The number of hydrogen-bond donors (Lipinski definition) is 1. The molecule has 3 aromatic rings. The second-order valence-electron chi connectivity index (χ2n) is 8.87. The topological polar surface area (TPSA) is 63.6 Å². The Morgan fingerprint density at radius 3 is 2.50 bits per heavy atom. The molecule has 3 aromatic carbocycles. The summed E-state index contributed by atoms with van der Waals surface area (Å²) in [6.45, 7) is 0.622. The molecule has 0 radical (unpaired) electrons. The lowest BCUT2D eigenvalue weighted by molar-refractivity contribution is -0.137. The number of ether oxygens (including phenoxy) is 1. The summed E-state index contributed by atoms with van der Waals surface area (Å²) < 4.78 is 46.7. The van der Waals surface area contributed by atoms with Gasteiger partial charge in [0.2, 0.25) is 0 Å². The summed E-state index contributed by atoms with van der Waals surface area (Å²) in [4.78, 5) is 24.7. The Labute approximate surface area is 194 Å². The van der Waals surface area contributed by atoms with Gasteiger partial charge < -0.3 is 9.84 Å². The van der Waals surface area contributed by atoms with Crippen molar-refractivity contribution in [1.29, 1.82) is 0 Å². The van der Waals surface area contributed by atoms with Crippen molar-refractivity contribution in [2.45, 2.75) is 37.3 Å². The number of hydrogen-bond acceptors (Lipinski definition) is 3. The minimum absolute atomic E-state index is 0.00264. The fraction of sp³-hybridized carbons (Fsp3) is 0.259. The average Bonchev–Trinajstić information content (AvgIpc) is 3.49. The predicted octanol–water partition coefficient (Wildman–Crippen LogP) is 5.85. The Hall–Kier alpha value is -3.61. The number of Topliss-reactive ketones (excluding diaryl/α,β-unsaturated/α-hetero) is 1. The molecule has 1 heterocycles. The van der Waals surface area contributed by atoms with Crippen molar-refractivity contribution in [3.63, 3.8) is 0 Å². The largest absolute Gasteiger partial charge is 0.493 e. The maximum Gasteiger partial charge on any atom is 0.417 e. The smallest absolute Gasteiger partial charge is 0.417 e. The maximum absolute atomic E-state index is 13.7. The highest BCUT2D eigenvalue weighted by molar-refractivity contribution is 5.95. The third-order valence-corrected chi connectivity index (χ3v) is 6.70. The number of alkyl halides is 3. The van der Waals surface area contributed by atoms with E-state index >= 15 is 0 Å². The Morgan fingerprint density at radius 1 is 1.00 bits per heavy atom. The van der Waals surface area contributed by atoms with E-state index in [0.29, 0.717) is 25.0 Å². The SMILES string of the molecule is O=C(O)c1cccc(-c2cc(CC(=O)C3(c4ccc5c(c4)CCO5)CC3)ccc2C(F)(F)F)c1. The molecule has 1 N–H and O–H groups in total. The van der Waals surface area contributed by atoms with E-state index < -0.39 is 23.1 Å². The van der Waals surface area contributed by atoms with Crippen molar-refractivity contribution in [3.05, 3.63) is 88.5 Å². The normalized spacial score (nSPS) is 16.0. The van der Waals surface area contributed by atoms with Gasteiger partial charge in [0.25, 0.3) is 0 Å². The van der Waals surface area contributed by atoms with Gasteiger partial charge in [0.1, 0.15) is 11.5 Å². The van der Waals surface area contributed by atoms with Crippen LogP contribution in [0.25, 0.3) is 11.1 Å². The minimum atomic E-state index is -4.62. The number of fused-ring (bicyclic) bond motifs is 1. The number of ketones is 1. The van der Waals surface area contributed by atoms with Crippen LogP contribution in [0.2, 0.25) is 0 Å². The minimum Gasteiger partial charge on any atom is -0.493 e. The van der Waals surface area contributed by atoms with E-state index in [1.807, 2.05) is 18.2 Å². The highest BCUT2D eigenvalue weighted by atomic mass is 19.4. The molecule has 174 valence electrons. The van der Waals surface area contributed by atoms with Crippen LogP contribution in [0, 0.1) is 0 Å². The summed E-state index contributed by atoms with van der Waals surface area (Å²) in [7, 11) is 0. The van der Waals surface area contributed by atoms with Crippen molar-refractivity contribution in [1.82, 2.24) is 0 Å². The quantitative estimate of drug-likeness (QED) is 0.495. The van der Waals surface area contributed by atoms with Crippen molar-refractivity contribution >= 4 is 11.8 Å². The lowest BCUT2D eigenvalue weighted by Crippen LogP contribution is -2.22. The molecule has 1 saturated carbocycles. The van der Waals surface area contributed by atoms with E-state index in [1.165, 1.54) is 36.4 Å². The monoisotopic (exact) mass is 466 g/mol. The van der Waals surface area contributed by atoms with E-state index in [0.717, 1.165) is 29.4 Å². The zero-order valence-electron chi connectivity index (χ0n) is 18.1. The van der Waals surface area contributed by atoms with Gasteiger partial charge in [-0.2, -0.15) is 13.2 Å². The Kier molecular flexibility index (Phi) is 5.23. The molecule has 7 heteroatoms. The molecule has 0 aromatic heterocycles. The second kappa shape index (κ2) is 8.01. The molecule has 1 fully saturated rings. The van der Waals surface area contributed by atoms with Gasteiger partial charge in [0.15, 0.2) is 0 Å². The van der Waals surface area contributed by atoms with Crippen LogP contribution < -0.4 is 4.74 Å². The zero-order chi connectivity index (χ0) is 24.1. The van der Waals surface area contributed by atoms with Crippen molar-refractivity contribution < 1.29 is 32.6 Å². The van der Waals surface area contributed by atoms with Gasteiger partial charge in [-0.15, -0.1) is 0 Å². The third kappa shape index (κ3) is 3.95. The van der Waals surface area contributed by atoms with E-state index in [-0.39, 0.29) is 28.9 Å². The molecule has 1 aliphatic heterocycles. The molecule has 2 aliphatic rings. The maximum atomic E-state index is 13.7. The summed E-state index contributed by atoms with van der Waals surface area (Å²) in [5, 5.41) is 9.25. The van der Waals surface area contributed by atoms with Crippen LogP contribution in [0.3, 0.4) is 0 Å². The first-order valence-electron chi connectivity index (χ1n) is 11.0. The van der Waals surface area contributed by atoms with Crippen LogP contribution in [0.4, 0.5) is 13.2 Å². The third-order valence-electron chi connectivity index (χ3n) is 6.70. The summed E-state index contributed by atoms with van der Waals surface area (Å²) in [5.74, 6) is -0.420. The first kappa shape index (κ1) is 22.2. The molecule has 0 unspecified atom stereocenters. The summed E-state index contributed by atoms with van der Waals surface area (Å²) in [6.07, 6.45) is -2.41. The number of carbonyl (C=O) groups is 2. The predicted molar refractivity (Wildman–Crippen MR) is 119 cm³/mol. The van der Waals surface area contributed by atoms with Crippen molar-refractivity contribution in [3.8, 4) is 16.9 Å². The van der Waals surface area contributed by atoms with Gasteiger partial charge >= 0.3 is 12.1 Å². The Morgan fingerprint density at radius 2 is 1.79 bits per heavy atom. The molecule has 4 nitrogen and oxygen atoms in total. The summed E-state index contributed by atoms with van der Waals surface area (Å²) >= 11 is 0. The highest BCUT2D eigenvalue weighted by Gasteiger charge is 2.50.